The molecule has 0 saturated carbocycles. The number of hydrogen-bond acceptors (Lipinski definition) is 2. The van der Waals surface area contributed by atoms with Crippen LogP contribution in [0.25, 0.3) is 0 Å². The first-order valence-corrected chi connectivity index (χ1v) is 7.21. The average molecular weight is 331 g/mol. The number of halogens is 4. The lowest BCUT2D eigenvalue weighted by Gasteiger charge is -2.28. The largest absolute Gasteiger partial charge is 0.295 e. The zero-order valence-corrected chi connectivity index (χ0v) is 12.2. The van der Waals surface area contributed by atoms with Crippen molar-refractivity contribution in [1.29, 1.82) is 0 Å². The van der Waals surface area contributed by atoms with Gasteiger partial charge in [-0.15, -0.1) is 11.8 Å². The minimum absolute atomic E-state index is 0.0753. The summed E-state index contributed by atoms with van der Waals surface area (Å²) < 4.78 is -1.52. The highest BCUT2D eigenvalue weighted by atomic mass is 35.6. The number of amides is 1. The third-order valence-corrected chi connectivity index (χ3v) is 4.81. The molecule has 1 heterocycles. The molecule has 0 radical (unpaired) electrons. The second kappa shape index (κ2) is 5.06. The van der Waals surface area contributed by atoms with Gasteiger partial charge in [0.25, 0.3) is 0 Å². The van der Waals surface area contributed by atoms with E-state index in [4.69, 9.17) is 46.4 Å². The van der Waals surface area contributed by atoms with Gasteiger partial charge in [0.15, 0.2) is 0 Å². The highest BCUT2D eigenvalue weighted by Gasteiger charge is 2.45. The highest BCUT2D eigenvalue weighted by Crippen LogP contribution is 2.44. The predicted molar refractivity (Wildman–Crippen MR) is 75.5 cm³/mol. The molecule has 1 fully saturated rings. The Kier molecular flexibility index (Phi) is 4.06. The van der Waals surface area contributed by atoms with Gasteiger partial charge < -0.3 is 0 Å². The molecule has 0 bridgehead atoms. The minimum atomic E-state index is -1.52. The molecule has 17 heavy (non-hydrogen) atoms. The van der Waals surface area contributed by atoms with E-state index in [1.807, 2.05) is 0 Å². The van der Waals surface area contributed by atoms with Crippen molar-refractivity contribution >= 4 is 69.8 Å². The molecule has 1 aliphatic heterocycles. The van der Waals surface area contributed by atoms with Crippen LogP contribution >= 0.6 is 58.2 Å². The van der Waals surface area contributed by atoms with Crippen LogP contribution in [0.15, 0.2) is 24.3 Å². The second-order valence-electron chi connectivity index (χ2n) is 3.45. The number of thioether (sulfide) groups is 1. The van der Waals surface area contributed by atoms with Crippen molar-refractivity contribution < 1.29 is 4.79 Å². The van der Waals surface area contributed by atoms with Crippen LogP contribution in [0.4, 0.5) is 5.69 Å². The van der Waals surface area contributed by atoms with E-state index >= 15 is 0 Å². The van der Waals surface area contributed by atoms with Gasteiger partial charge in [-0.05, 0) is 24.3 Å². The van der Waals surface area contributed by atoms with Crippen LogP contribution in [-0.2, 0) is 4.79 Å². The Labute approximate surface area is 123 Å². The van der Waals surface area contributed by atoms with Gasteiger partial charge in [-0.2, -0.15) is 0 Å². The number of alkyl halides is 3. The molecule has 0 aliphatic carbocycles. The Hall–Kier alpha value is 0.200. The lowest BCUT2D eigenvalue weighted by atomic mass is 10.3. The van der Waals surface area contributed by atoms with E-state index in [0.29, 0.717) is 16.5 Å². The summed E-state index contributed by atoms with van der Waals surface area (Å²) in [4.78, 5) is 13.3. The zero-order chi connectivity index (χ0) is 12.6. The van der Waals surface area contributed by atoms with Crippen LogP contribution in [0.1, 0.15) is 0 Å². The summed E-state index contributed by atoms with van der Waals surface area (Å²) in [5.41, 5.74) is 0.681. The van der Waals surface area contributed by atoms with E-state index in [2.05, 4.69) is 0 Å². The van der Waals surface area contributed by atoms with E-state index in [0.717, 1.165) is 0 Å². The Morgan fingerprint density at radius 2 is 1.82 bits per heavy atom. The fourth-order valence-electron chi connectivity index (χ4n) is 1.55. The first kappa shape index (κ1) is 13.6. The maximum absolute atomic E-state index is 11.8. The number of benzene rings is 1. The molecule has 0 aromatic heterocycles. The first-order valence-electron chi connectivity index (χ1n) is 4.65. The number of hydrogen-bond donors (Lipinski definition) is 0. The van der Waals surface area contributed by atoms with Gasteiger partial charge in [-0.1, -0.05) is 46.4 Å². The molecular formula is C10H7Cl4NOS. The molecule has 1 atom stereocenters. The van der Waals surface area contributed by atoms with Crippen molar-refractivity contribution in [2.24, 2.45) is 0 Å². The Bertz CT molecular complexity index is 431. The maximum Gasteiger partial charge on any atom is 0.238 e. The zero-order valence-electron chi connectivity index (χ0n) is 8.37. The second-order valence-corrected chi connectivity index (χ2v) is 7.32. The fourth-order valence-corrected chi connectivity index (χ4v) is 3.55. The molecule has 1 aliphatic rings. The number of anilines is 1. The molecule has 1 aromatic carbocycles. The standard InChI is InChI=1S/C10H7Cl4NOS/c11-6-1-3-7(4-2-6)15-8(16)5-17-9(15)10(12,13)14/h1-4,9H,5H2/t9-/m1/s1. The summed E-state index contributed by atoms with van der Waals surface area (Å²) >= 11 is 24.7. The molecule has 1 aromatic rings. The van der Waals surface area contributed by atoms with Crippen molar-refractivity contribution in [3.8, 4) is 0 Å². The number of rotatable bonds is 1. The van der Waals surface area contributed by atoms with Crippen LogP contribution in [0, 0.1) is 0 Å². The van der Waals surface area contributed by atoms with E-state index < -0.39 is 9.17 Å². The summed E-state index contributed by atoms with van der Waals surface area (Å²) in [7, 11) is 0. The molecule has 2 nitrogen and oxygen atoms in total. The lowest BCUT2D eigenvalue weighted by Crippen LogP contribution is -2.40. The lowest BCUT2D eigenvalue weighted by molar-refractivity contribution is -0.115. The van der Waals surface area contributed by atoms with Crippen LogP contribution in [0.3, 0.4) is 0 Å². The van der Waals surface area contributed by atoms with Crippen LogP contribution in [0.5, 0.6) is 0 Å². The van der Waals surface area contributed by atoms with E-state index in [9.17, 15) is 4.79 Å². The first-order chi connectivity index (χ1) is 7.89. The van der Waals surface area contributed by atoms with Gasteiger partial charge in [0.2, 0.25) is 9.70 Å². The maximum atomic E-state index is 11.8. The monoisotopic (exact) mass is 329 g/mol. The SMILES string of the molecule is O=C1CS[C@H](C(Cl)(Cl)Cl)N1c1ccc(Cl)cc1. The van der Waals surface area contributed by atoms with Crippen LogP contribution in [0.2, 0.25) is 5.02 Å². The Morgan fingerprint density at radius 1 is 1.24 bits per heavy atom. The van der Waals surface area contributed by atoms with Crippen molar-refractivity contribution in [3.05, 3.63) is 29.3 Å². The van der Waals surface area contributed by atoms with Gasteiger partial charge in [0.05, 0.1) is 5.75 Å². The summed E-state index contributed by atoms with van der Waals surface area (Å²) in [6.45, 7) is 0. The van der Waals surface area contributed by atoms with E-state index in [1.165, 1.54) is 16.7 Å². The summed E-state index contributed by atoms with van der Waals surface area (Å²) in [5.74, 6) is 0.231. The average Bonchev–Trinajstić information content (AvgIpc) is 2.61. The molecule has 92 valence electrons. The number of nitrogens with zero attached hydrogens (tertiary/aromatic N) is 1. The smallest absolute Gasteiger partial charge is 0.238 e. The molecule has 0 N–H and O–H groups in total. The molecule has 2 rings (SSSR count). The molecule has 1 amide bonds. The van der Waals surface area contributed by atoms with Gasteiger partial charge in [0, 0.05) is 10.7 Å². The topological polar surface area (TPSA) is 20.3 Å². The van der Waals surface area contributed by atoms with Gasteiger partial charge >= 0.3 is 0 Å². The highest BCUT2D eigenvalue weighted by molar-refractivity contribution is 8.01. The summed E-state index contributed by atoms with van der Waals surface area (Å²) in [6, 6.07) is 6.86. The fraction of sp³-hybridized carbons (Fsp3) is 0.300. The van der Waals surface area contributed by atoms with E-state index in [1.54, 1.807) is 24.3 Å². The Balaban J connectivity index is 2.34. The predicted octanol–water partition coefficient (Wildman–Crippen LogP) is 4.12. The molecule has 7 heteroatoms. The molecular weight excluding hydrogens is 324 g/mol. The molecule has 1 saturated heterocycles. The van der Waals surface area contributed by atoms with Crippen molar-refractivity contribution in [2.75, 3.05) is 10.7 Å². The summed E-state index contributed by atoms with van der Waals surface area (Å²) in [5, 5.41) is 0.0830. The van der Waals surface area contributed by atoms with Crippen molar-refractivity contribution in [1.82, 2.24) is 0 Å². The molecule has 0 unspecified atom stereocenters. The number of carbonyl (C=O) groups is 1. The van der Waals surface area contributed by atoms with Gasteiger partial charge in [0.1, 0.15) is 5.37 Å². The number of carbonyl (C=O) groups excluding carboxylic acids is 1. The third-order valence-electron chi connectivity index (χ3n) is 2.25. The van der Waals surface area contributed by atoms with Crippen LogP contribution in [-0.4, -0.2) is 20.8 Å². The van der Waals surface area contributed by atoms with Crippen molar-refractivity contribution in [3.63, 3.8) is 0 Å². The van der Waals surface area contributed by atoms with E-state index in [-0.39, 0.29) is 5.91 Å². The normalized spacial score (nSPS) is 21.1. The minimum Gasteiger partial charge on any atom is -0.295 e. The third kappa shape index (κ3) is 2.96. The van der Waals surface area contributed by atoms with Crippen LogP contribution < -0.4 is 4.90 Å². The van der Waals surface area contributed by atoms with Gasteiger partial charge in [-0.25, -0.2) is 0 Å². The summed E-state index contributed by atoms with van der Waals surface area (Å²) in [6.07, 6.45) is 0. The van der Waals surface area contributed by atoms with Crippen molar-refractivity contribution in [2.45, 2.75) is 9.17 Å². The molecule has 0 spiro atoms. The quantitative estimate of drug-likeness (QED) is 0.722. The Morgan fingerprint density at radius 3 is 2.35 bits per heavy atom. The van der Waals surface area contributed by atoms with Gasteiger partial charge in [-0.3, -0.25) is 9.69 Å².